The maximum atomic E-state index is 11.9. The van der Waals surface area contributed by atoms with Crippen molar-refractivity contribution in [2.45, 2.75) is 13.5 Å². The van der Waals surface area contributed by atoms with Crippen LogP contribution < -0.4 is 14.8 Å². The quantitative estimate of drug-likeness (QED) is 0.769. The number of amides is 1. The fourth-order valence-corrected chi connectivity index (χ4v) is 2.43. The van der Waals surface area contributed by atoms with Gasteiger partial charge in [-0.1, -0.05) is 41.9 Å². The Bertz CT molecular complexity index is 714. The van der Waals surface area contributed by atoms with Crippen LogP contribution in [0.5, 0.6) is 11.5 Å². The van der Waals surface area contributed by atoms with E-state index >= 15 is 0 Å². The zero-order chi connectivity index (χ0) is 17.4. The van der Waals surface area contributed by atoms with Gasteiger partial charge in [0.15, 0.2) is 11.5 Å². The van der Waals surface area contributed by atoms with Crippen LogP contribution in [0.2, 0.25) is 5.02 Å². The molecule has 1 amide bonds. The number of benzene rings is 2. The minimum atomic E-state index is -0.178. The lowest BCUT2D eigenvalue weighted by atomic mass is 10.2. The molecule has 0 unspecified atom stereocenters. The number of halogens is 1. The Hall–Kier alpha value is -2.46. The summed E-state index contributed by atoms with van der Waals surface area (Å²) in [6.07, 6.45) is 3.27. The molecule has 4 nitrogen and oxygen atoms in total. The van der Waals surface area contributed by atoms with E-state index in [0.29, 0.717) is 29.7 Å². The molecule has 2 aromatic rings. The molecule has 5 heteroatoms. The monoisotopic (exact) mass is 345 g/mol. The highest BCUT2D eigenvalue weighted by molar-refractivity contribution is 6.32. The van der Waals surface area contributed by atoms with Gasteiger partial charge in [0, 0.05) is 12.6 Å². The van der Waals surface area contributed by atoms with Crippen LogP contribution in [-0.4, -0.2) is 19.6 Å². The van der Waals surface area contributed by atoms with Crippen LogP contribution in [-0.2, 0) is 11.3 Å². The van der Waals surface area contributed by atoms with Gasteiger partial charge in [0.1, 0.15) is 0 Å². The molecule has 2 rings (SSSR count). The lowest BCUT2D eigenvalue weighted by molar-refractivity contribution is -0.116. The summed E-state index contributed by atoms with van der Waals surface area (Å²) < 4.78 is 10.8. The average molecular weight is 346 g/mol. The summed E-state index contributed by atoms with van der Waals surface area (Å²) in [4.78, 5) is 11.9. The maximum absolute atomic E-state index is 11.9. The summed E-state index contributed by atoms with van der Waals surface area (Å²) >= 11 is 6.22. The summed E-state index contributed by atoms with van der Waals surface area (Å²) in [5.74, 6) is 0.886. The van der Waals surface area contributed by atoms with Crippen molar-refractivity contribution in [3.05, 3.63) is 64.7 Å². The molecule has 0 saturated carbocycles. The summed E-state index contributed by atoms with van der Waals surface area (Å²) in [6.45, 7) is 2.72. The van der Waals surface area contributed by atoms with Crippen molar-refractivity contribution < 1.29 is 14.3 Å². The van der Waals surface area contributed by atoms with Crippen molar-refractivity contribution in [3.63, 3.8) is 0 Å². The first-order chi connectivity index (χ1) is 11.6. The van der Waals surface area contributed by atoms with Gasteiger partial charge in [-0.05, 0) is 36.3 Å². The Balaban J connectivity index is 2.00. The van der Waals surface area contributed by atoms with Gasteiger partial charge in [0.25, 0.3) is 0 Å². The van der Waals surface area contributed by atoms with E-state index in [1.165, 1.54) is 6.08 Å². The molecular formula is C19H20ClNO3. The maximum Gasteiger partial charge on any atom is 0.244 e. The molecular weight excluding hydrogens is 326 g/mol. The minimum absolute atomic E-state index is 0.178. The Morgan fingerprint density at radius 1 is 1.25 bits per heavy atom. The van der Waals surface area contributed by atoms with E-state index in [1.807, 2.05) is 37.3 Å². The highest BCUT2D eigenvalue weighted by Crippen LogP contribution is 2.36. The first-order valence-corrected chi connectivity index (χ1v) is 8.02. The van der Waals surface area contributed by atoms with E-state index in [2.05, 4.69) is 5.32 Å². The van der Waals surface area contributed by atoms with E-state index < -0.39 is 0 Å². The Morgan fingerprint density at radius 3 is 2.67 bits per heavy atom. The predicted molar refractivity (Wildman–Crippen MR) is 96.5 cm³/mol. The zero-order valence-electron chi connectivity index (χ0n) is 13.7. The van der Waals surface area contributed by atoms with E-state index in [1.54, 1.807) is 25.3 Å². The number of rotatable bonds is 7. The summed E-state index contributed by atoms with van der Waals surface area (Å²) in [7, 11) is 1.55. The third-order valence-electron chi connectivity index (χ3n) is 3.27. The fraction of sp³-hybridized carbons (Fsp3) is 0.211. The van der Waals surface area contributed by atoms with Crippen molar-refractivity contribution in [2.24, 2.45) is 0 Å². The molecule has 24 heavy (non-hydrogen) atoms. The Kier molecular flexibility index (Phi) is 6.70. The van der Waals surface area contributed by atoms with E-state index in [0.717, 1.165) is 11.1 Å². The minimum Gasteiger partial charge on any atom is -0.493 e. The number of hydrogen-bond donors (Lipinski definition) is 1. The van der Waals surface area contributed by atoms with Gasteiger partial charge in [0.2, 0.25) is 5.91 Å². The van der Waals surface area contributed by atoms with Gasteiger partial charge in [-0.3, -0.25) is 4.79 Å². The number of nitrogens with one attached hydrogen (secondary N) is 1. The molecule has 0 aliphatic rings. The predicted octanol–water partition coefficient (Wildman–Crippen LogP) is 4.08. The van der Waals surface area contributed by atoms with Crippen molar-refractivity contribution >= 4 is 23.6 Å². The first kappa shape index (κ1) is 17.9. The molecule has 2 aromatic carbocycles. The first-order valence-electron chi connectivity index (χ1n) is 7.64. The van der Waals surface area contributed by atoms with Crippen molar-refractivity contribution in [1.29, 1.82) is 0 Å². The Morgan fingerprint density at radius 2 is 2.00 bits per heavy atom. The molecule has 0 atom stereocenters. The number of carbonyl (C=O) groups is 1. The van der Waals surface area contributed by atoms with Gasteiger partial charge in [-0.15, -0.1) is 0 Å². The van der Waals surface area contributed by atoms with Crippen molar-refractivity contribution in [3.8, 4) is 11.5 Å². The number of ether oxygens (including phenoxy) is 2. The highest BCUT2D eigenvalue weighted by atomic mass is 35.5. The molecule has 0 bridgehead atoms. The second kappa shape index (κ2) is 8.99. The van der Waals surface area contributed by atoms with Crippen LogP contribution in [0.1, 0.15) is 18.1 Å². The summed E-state index contributed by atoms with van der Waals surface area (Å²) in [5, 5.41) is 3.28. The summed E-state index contributed by atoms with van der Waals surface area (Å²) in [6, 6.07) is 13.2. The van der Waals surface area contributed by atoms with Crippen LogP contribution in [0.25, 0.3) is 6.08 Å². The molecule has 0 radical (unpaired) electrons. The highest BCUT2D eigenvalue weighted by Gasteiger charge is 2.11. The molecule has 0 spiro atoms. The van der Waals surface area contributed by atoms with Crippen molar-refractivity contribution in [1.82, 2.24) is 5.32 Å². The fourth-order valence-electron chi connectivity index (χ4n) is 2.14. The molecule has 0 saturated heterocycles. The van der Waals surface area contributed by atoms with E-state index in [-0.39, 0.29) is 5.91 Å². The number of carbonyl (C=O) groups excluding carboxylic acids is 1. The van der Waals surface area contributed by atoms with Crippen LogP contribution in [0.15, 0.2) is 48.5 Å². The largest absolute Gasteiger partial charge is 0.493 e. The molecule has 126 valence electrons. The smallest absolute Gasteiger partial charge is 0.244 e. The van der Waals surface area contributed by atoms with Gasteiger partial charge in [-0.2, -0.15) is 0 Å². The molecule has 0 fully saturated rings. The van der Waals surface area contributed by atoms with Crippen LogP contribution in [0, 0.1) is 0 Å². The third kappa shape index (κ3) is 5.03. The average Bonchev–Trinajstić information content (AvgIpc) is 2.61. The summed E-state index contributed by atoms with van der Waals surface area (Å²) in [5.41, 5.74) is 1.81. The van der Waals surface area contributed by atoms with Crippen LogP contribution in [0.4, 0.5) is 0 Å². The Labute approximate surface area is 147 Å². The lowest BCUT2D eigenvalue weighted by Crippen LogP contribution is -2.20. The molecule has 0 aromatic heterocycles. The number of hydrogen-bond acceptors (Lipinski definition) is 3. The molecule has 0 aliphatic heterocycles. The normalized spacial score (nSPS) is 10.6. The topological polar surface area (TPSA) is 47.6 Å². The lowest BCUT2D eigenvalue weighted by Gasteiger charge is -2.13. The van der Waals surface area contributed by atoms with Crippen LogP contribution >= 0.6 is 11.6 Å². The van der Waals surface area contributed by atoms with Crippen molar-refractivity contribution in [2.75, 3.05) is 13.7 Å². The van der Waals surface area contributed by atoms with Gasteiger partial charge in [-0.25, -0.2) is 0 Å². The van der Waals surface area contributed by atoms with E-state index in [9.17, 15) is 4.79 Å². The molecule has 0 aliphatic carbocycles. The zero-order valence-corrected chi connectivity index (χ0v) is 14.5. The van der Waals surface area contributed by atoms with Gasteiger partial charge >= 0.3 is 0 Å². The second-order valence-corrected chi connectivity index (χ2v) is 5.41. The van der Waals surface area contributed by atoms with E-state index in [4.69, 9.17) is 21.1 Å². The second-order valence-electron chi connectivity index (χ2n) is 5.00. The number of methoxy groups -OCH3 is 1. The molecule has 1 N–H and O–H groups in total. The molecule has 0 heterocycles. The van der Waals surface area contributed by atoms with Gasteiger partial charge < -0.3 is 14.8 Å². The van der Waals surface area contributed by atoms with Gasteiger partial charge in [0.05, 0.1) is 18.7 Å². The standard InChI is InChI=1S/C19H20ClNO3/c1-3-24-19-16(20)11-15(12-17(19)23-2)13-21-18(22)10-9-14-7-5-4-6-8-14/h4-12H,3,13H2,1-2H3,(H,21,22). The van der Waals surface area contributed by atoms with Crippen LogP contribution in [0.3, 0.4) is 0 Å². The third-order valence-corrected chi connectivity index (χ3v) is 3.55. The SMILES string of the molecule is CCOc1c(Cl)cc(CNC(=O)C=Cc2ccccc2)cc1OC.